The second kappa shape index (κ2) is 14.0. The predicted molar refractivity (Wildman–Crippen MR) is 176 cm³/mol. The summed E-state index contributed by atoms with van der Waals surface area (Å²) in [5.41, 5.74) is 6.35. The van der Waals surface area contributed by atoms with Gasteiger partial charge in [0.25, 0.3) is 0 Å². The molecule has 1 fully saturated rings. The number of fused-ring (bicyclic) bond motifs is 1. The minimum Gasteiger partial charge on any atom is -0.504 e. The van der Waals surface area contributed by atoms with Gasteiger partial charge in [-0.05, 0) is 79.2 Å². The van der Waals surface area contributed by atoms with Crippen molar-refractivity contribution in [1.29, 1.82) is 0 Å². The van der Waals surface area contributed by atoms with Gasteiger partial charge in [-0.1, -0.05) is 78.9 Å². The fraction of sp³-hybridized carbons (Fsp3) is 0.324. The zero-order chi connectivity index (χ0) is 30.3. The van der Waals surface area contributed by atoms with Crippen LogP contribution in [0.15, 0.2) is 97.1 Å². The summed E-state index contributed by atoms with van der Waals surface area (Å²) in [5, 5.41) is 26.7. The highest BCUT2D eigenvalue weighted by Crippen LogP contribution is 2.37. The summed E-state index contributed by atoms with van der Waals surface area (Å²) in [5.74, 6) is 0.0507. The highest BCUT2D eigenvalue weighted by atomic mass is 16.3. The second-order valence-electron chi connectivity index (χ2n) is 12.0. The molecule has 0 spiro atoms. The molecule has 0 aliphatic carbocycles. The van der Waals surface area contributed by atoms with Crippen molar-refractivity contribution in [3.05, 3.63) is 114 Å². The van der Waals surface area contributed by atoms with Crippen molar-refractivity contribution >= 4 is 11.7 Å². The predicted octanol–water partition coefficient (Wildman–Crippen LogP) is 6.43. The van der Waals surface area contributed by atoms with Crippen LogP contribution in [0.5, 0.6) is 11.5 Å². The number of amides is 2. The number of likely N-dealkylation sites (tertiary alicyclic amines) is 1. The largest absolute Gasteiger partial charge is 0.504 e. The molecule has 4 N–H and O–H groups in total. The van der Waals surface area contributed by atoms with E-state index in [1.807, 2.05) is 48.5 Å². The SMILES string of the molecule is O=C(Nc1ccccc1-c1ccccc1)NC1CCN(CCCN2CCc3cc(O)c(O)cc3C(c3ccccc3)C2)CC1. The Bertz CT molecular complexity index is 1540. The lowest BCUT2D eigenvalue weighted by molar-refractivity contribution is 0.182. The Hall–Kier alpha value is -4.33. The molecule has 1 atom stereocenters. The molecular weight excluding hydrogens is 548 g/mol. The summed E-state index contributed by atoms with van der Waals surface area (Å²) >= 11 is 0. The molecule has 228 valence electrons. The van der Waals surface area contributed by atoms with Gasteiger partial charge in [-0.15, -0.1) is 0 Å². The van der Waals surface area contributed by atoms with Gasteiger partial charge in [0.15, 0.2) is 11.5 Å². The molecule has 2 heterocycles. The van der Waals surface area contributed by atoms with Gasteiger partial charge in [0.05, 0.1) is 5.69 Å². The fourth-order valence-corrected chi connectivity index (χ4v) is 6.70. The third-order valence-corrected chi connectivity index (χ3v) is 9.08. The third kappa shape index (κ3) is 7.24. The molecule has 4 aromatic rings. The van der Waals surface area contributed by atoms with Crippen LogP contribution in [-0.2, 0) is 6.42 Å². The van der Waals surface area contributed by atoms with Gasteiger partial charge < -0.3 is 30.6 Å². The lowest BCUT2D eigenvalue weighted by atomic mass is 9.87. The van der Waals surface area contributed by atoms with E-state index in [1.165, 1.54) is 5.56 Å². The number of rotatable bonds is 8. The number of hydrogen-bond acceptors (Lipinski definition) is 5. The maximum atomic E-state index is 12.9. The zero-order valence-electron chi connectivity index (χ0n) is 25.2. The number of carbonyl (C=O) groups is 1. The van der Waals surface area contributed by atoms with E-state index in [4.69, 9.17) is 0 Å². The first-order valence-corrected chi connectivity index (χ1v) is 15.8. The van der Waals surface area contributed by atoms with Crippen molar-refractivity contribution < 1.29 is 15.0 Å². The van der Waals surface area contributed by atoms with Gasteiger partial charge in [-0.25, -0.2) is 4.79 Å². The van der Waals surface area contributed by atoms with Crippen LogP contribution >= 0.6 is 0 Å². The Morgan fingerprint density at radius 2 is 1.43 bits per heavy atom. The molecule has 0 radical (unpaired) electrons. The minimum atomic E-state index is -0.149. The van der Waals surface area contributed by atoms with Crippen molar-refractivity contribution in [2.24, 2.45) is 0 Å². The number of piperidine rings is 1. The molecule has 44 heavy (non-hydrogen) atoms. The molecule has 7 heteroatoms. The van der Waals surface area contributed by atoms with Gasteiger partial charge in [0.2, 0.25) is 0 Å². The maximum absolute atomic E-state index is 12.9. The van der Waals surface area contributed by atoms with Gasteiger partial charge in [-0.3, -0.25) is 0 Å². The first-order valence-electron chi connectivity index (χ1n) is 15.8. The third-order valence-electron chi connectivity index (χ3n) is 9.08. The molecule has 0 bridgehead atoms. The van der Waals surface area contributed by atoms with Crippen LogP contribution in [0.25, 0.3) is 11.1 Å². The molecule has 4 aromatic carbocycles. The number of aromatic hydroxyl groups is 2. The van der Waals surface area contributed by atoms with E-state index in [0.29, 0.717) is 0 Å². The summed E-state index contributed by atoms with van der Waals surface area (Å²) < 4.78 is 0. The molecule has 1 unspecified atom stereocenters. The molecule has 6 rings (SSSR count). The van der Waals surface area contributed by atoms with E-state index >= 15 is 0 Å². The summed E-state index contributed by atoms with van der Waals surface area (Å²) in [6.45, 7) is 5.79. The molecule has 1 saturated heterocycles. The van der Waals surface area contributed by atoms with Crippen molar-refractivity contribution in [1.82, 2.24) is 15.1 Å². The van der Waals surface area contributed by atoms with E-state index < -0.39 is 0 Å². The van der Waals surface area contributed by atoms with Crippen LogP contribution in [0.4, 0.5) is 10.5 Å². The Balaban J connectivity index is 0.978. The van der Waals surface area contributed by atoms with Crippen LogP contribution in [0.1, 0.15) is 41.9 Å². The smallest absolute Gasteiger partial charge is 0.319 e. The summed E-state index contributed by atoms with van der Waals surface area (Å²) in [7, 11) is 0. The minimum absolute atomic E-state index is 0.0450. The average Bonchev–Trinajstić information content (AvgIpc) is 3.22. The van der Waals surface area contributed by atoms with Crippen LogP contribution < -0.4 is 10.6 Å². The van der Waals surface area contributed by atoms with Crippen LogP contribution in [0.2, 0.25) is 0 Å². The van der Waals surface area contributed by atoms with Crippen molar-refractivity contribution in [3.8, 4) is 22.6 Å². The Kier molecular flexibility index (Phi) is 9.44. The number of carbonyl (C=O) groups excluding carboxylic acids is 1. The van der Waals surface area contributed by atoms with E-state index in [-0.39, 0.29) is 29.5 Å². The van der Waals surface area contributed by atoms with E-state index in [2.05, 4.69) is 56.8 Å². The van der Waals surface area contributed by atoms with Crippen LogP contribution in [0.3, 0.4) is 0 Å². The van der Waals surface area contributed by atoms with Crippen molar-refractivity contribution in [2.45, 2.75) is 37.6 Å². The average molecular weight is 591 g/mol. The van der Waals surface area contributed by atoms with E-state index in [0.717, 1.165) is 92.9 Å². The number of nitrogens with one attached hydrogen (secondary N) is 2. The Morgan fingerprint density at radius 1 is 0.773 bits per heavy atom. The number of phenols is 2. The van der Waals surface area contributed by atoms with E-state index in [1.54, 1.807) is 12.1 Å². The van der Waals surface area contributed by atoms with Crippen molar-refractivity contribution in [2.75, 3.05) is 44.6 Å². The topological polar surface area (TPSA) is 88.1 Å². The van der Waals surface area contributed by atoms with Gasteiger partial charge in [0.1, 0.15) is 0 Å². The maximum Gasteiger partial charge on any atom is 0.319 e. The standard InChI is InChI=1S/C37H42N4O3/c42-35-24-29-16-21-41(26-33(32(29)25-36(35)43)28-12-5-2-6-13-28)20-9-19-40-22-17-30(18-23-40)38-37(44)39-34-15-8-7-14-31(34)27-10-3-1-4-11-27/h1-8,10-15,24-25,30,33,42-43H,9,16-23,26H2,(H2,38,39,44). The number of urea groups is 1. The molecule has 7 nitrogen and oxygen atoms in total. The molecule has 0 aromatic heterocycles. The van der Waals surface area contributed by atoms with Crippen molar-refractivity contribution in [3.63, 3.8) is 0 Å². The summed E-state index contributed by atoms with van der Waals surface area (Å²) in [6, 6.07) is 32.0. The fourth-order valence-electron chi connectivity index (χ4n) is 6.70. The quantitative estimate of drug-likeness (QED) is 0.178. The number of nitrogens with zero attached hydrogens (tertiary/aromatic N) is 2. The van der Waals surface area contributed by atoms with Gasteiger partial charge in [-0.2, -0.15) is 0 Å². The highest BCUT2D eigenvalue weighted by molar-refractivity contribution is 5.94. The normalized spacial score (nSPS) is 17.9. The van der Waals surface area contributed by atoms with E-state index in [9.17, 15) is 15.0 Å². The van der Waals surface area contributed by atoms with Gasteiger partial charge >= 0.3 is 6.03 Å². The summed E-state index contributed by atoms with van der Waals surface area (Å²) in [4.78, 5) is 17.9. The molecule has 2 aliphatic rings. The Labute approximate surface area is 260 Å². The molecule has 0 saturated carbocycles. The summed E-state index contributed by atoms with van der Waals surface area (Å²) in [6.07, 6.45) is 3.80. The zero-order valence-corrected chi connectivity index (χ0v) is 25.2. The van der Waals surface area contributed by atoms with Crippen LogP contribution in [0, 0.1) is 0 Å². The number of hydrogen-bond donors (Lipinski definition) is 4. The first-order chi connectivity index (χ1) is 21.5. The number of phenolic OH excluding ortho intramolecular Hbond substituents is 2. The molecule has 2 amide bonds. The number of para-hydroxylation sites is 1. The number of benzene rings is 4. The number of anilines is 1. The van der Waals surface area contributed by atoms with Crippen LogP contribution in [-0.4, -0.2) is 71.4 Å². The monoisotopic (exact) mass is 590 g/mol. The lowest BCUT2D eigenvalue weighted by Crippen LogP contribution is -2.46. The Morgan fingerprint density at radius 3 is 2.20 bits per heavy atom. The lowest BCUT2D eigenvalue weighted by Gasteiger charge is -2.33. The molecule has 2 aliphatic heterocycles. The van der Waals surface area contributed by atoms with Gasteiger partial charge in [0, 0.05) is 43.7 Å². The highest BCUT2D eigenvalue weighted by Gasteiger charge is 2.26. The first kappa shape index (κ1) is 29.7. The molecular formula is C37H42N4O3. The second-order valence-corrected chi connectivity index (χ2v) is 12.0.